The number of ketones is 1. The van der Waals surface area contributed by atoms with Gasteiger partial charge >= 0.3 is 5.91 Å². The molecule has 1 N–H and O–H groups in total. The largest absolute Gasteiger partial charge is 0.507 e. The Labute approximate surface area is 275 Å². The van der Waals surface area contributed by atoms with Crippen LogP contribution in [0.15, 0.2) is 76.6 Å². The van der Waals surface area contributed by atoms with Crippen molar-refractivity contribution in [2.24, 2.45) is 0 Å². The molecule has 1 unspecified atom stereocenters. The Balaban J connectivity index is 1.42. The highest BCUT2D eigenvalue weighted by atomic mass is 32.2. The molecular weight excluding hydrogens is 627 g/mol. The van der Waals surface area contributed by atoms with Gasteiger partial charge in [0.1, 0.15) is 19.0 Å². The van der Waals surface area contributed by atoms with Crippen LogP contribution < -0.4 is 23.8 Å². The third kappa shape index (κ3) is 6.54. The Hall–Kier alpha value is -4.55. The molecule has 12 heteroatoms. The van der Waals surface area contributed by atoms with E-state index in [0.717, 1.165) is 18.4 Å². The maximum atomic E-state index is 13.8. The molecule has 4 aromatic rings. The van der Waals surface area contributed by atoms with Crippen LogP contribution in [0.3, 0.4) is 0 Å². The van der Waals surface area contributed by atoms with Crippen molar-refractivity contribution in [3.63, 3.8) is 0 Å². The van der Waals surface area contributed by atoms with Crippen LogP contribution in [0, 0.1) is 0 Å². The lowest BCUT2D eigenvalue weighted by Crippen LogP contribution is -2.29. The maximum Gasteiger partial charge on any atom is 0.301 e. The molecule has 1 atom stereocenters. The van der Waals surface area contributed by atoms with E-state index >= 15 is 0 Å². The van der Waals surface area contributed by atoms with E-state index in [1.165, 1.54) is 28.0 Å². The summed E-state index contributed by atoms with van der Waals surface area (Å²) < 4.78 is 23.9. The number of aromatic nitrogens is 2. The van der Waals surface area contributed by atoms with Crippen molar-refractivity contribution in [3.05, 3.63) is 89.0 Å². The SMILES string of the molecule is CCCCOc1ccc(C2/C(=C(/O)c3ccc4c(c3)OCCO4)C(=O)C(=O)N2c2nnc(SCc3ccccc3)s2)cc1OCC. The highest BCUT2D eigenvalue weighted by Gasteiger charge is 2.48. The first-order chi connectivity index (χ1) is 22.5. The summed E-state index contributed by atoms with van der Waals surface area (Å²) in [5.74, 6) is 0.669. The number of aliphatic hydroxyl groups is 1. The number of Topliss-reactive ketones (excluding diaryl/α,β-unsaturated/α-hetero) is 1. The number of benzene rings is 3. The molecule has 10 nitrogen and oxygen atoms in total. The van der Waals surface area contributed by atoms with Crippen molar-refractivity contribution >= 4 is 45.7 Å². The first-order valence-electron chi connectivity index (χ1n) is 15.1. The molecule has 1 amide bonds. The van der Waals surface area contributed by atoms with Gasteiger partial charge in [-0.1, -0.05) is 72.8 Å². The fourth-order valence-electron chi connectivity index (χ4n) is 5.18. The summed E-state index contributed by atoms with van der Waals surface area (Å²) in [5, 5.41) is 20.6. The first kappa shape index (κ1) is 31.4. The lowest BCUT2D eigenvalue weighted by molar-refractivity contribution is -0.132. The molecular formula is C34H33N3O7S2. The molecule has 3 aromatic carbocycles. The van der Waals surface area contributed by atoms with E-state index in [9.17, 15) is 14.7 Å². The van der Waals surface area contributed by atoms with Gasteiger partial charge in [0, 0.05) is 11.3 Å². The second-order valence-electron chi connectivity index (χ2n) is 10.5. The topological polar surface area (TPSA) is 120 Å². The Morgan fingerprint density at radius 2 is 1.78 bits per heavy atom. The average Bonchev–Trinajstić information content (AvgIpc) is 3.66. The Morgan fingerprint density at radius 1 is 0.978 bits per heavy atom. The zero-order chi connectivity index (χ0) is 32.0. The number of thioether (sulfide) groups is 1. The zero-order valence-electron chi connectivity index (χ0n) is 25.4. The van der Waals surface area contributed by atoms with Crippen LogP contribution >= 0.6 is 23.1 Å². The Kier molecular flexibility index (Phi) is 9.74. The second-order valence-corrected chi connectivity index (χ2v) is 12.7. The van der Waals surface area contributed by atoms with Crippen LogP contribution in [0.5, 0.6) is 23.0 Å². The molecule has 0 saturated carbocycles. The fourth-order valence-corrected chi connectivity index (χ4v) is 7.00. The van der Waals surface area contributed by atoms with Gasteiger partial charge in [0.25, 0.3) is 5.78 Å². The summed E-state index contributed by atoms with van der Waals surface area (Å²) in [6.45, 7) is 5.62. The minimum atomic E-state index is -1.02. The first-order valence-corrected chi connectivity index (χ1v) is 16.9. The number of ether oxygens (including phenoxy) is 4. The molecule has 2 aliphatic heterocycles. The molecule has 1 saturated heterocycles. The van der Waals surface area contributed by atoms with E-state index in [-0.39, 0.29) is 16.5 Å². The smallest absolute Gasteiger partial charge is 0.301 e. The number of aliphatic hydroxyl groups excluding tert-OH is 1. The summed E-state index contributed by atoms with van der Waals surface area (Å²) in [7, 11) is 0. The van der Waals surface area contributed by atoms with E-state index in [4.69, 9.17) is 18.9 Å². The summed E-state index contributed by atoms with van der Waals surface area (Å²) in [5.41, 5.74) is 1.89. The zero-order valence-corrected chi connectivity index (χ0v) is 27.1. The Bertz CT molecular complexity index is 1760. The van der Waals surface area contributed by atoms with Gasteiger partial charge < -0.3 is 24.1 Å². The highest BCUT2D eigenvalue weighted by Crippen LogP contribution is 2.46. The minimum absolute atomic E-state index is 0.0857. The number of fused-ring (bicyclic) bond motifs is 1. The van der Waals surface area contributed by atoms with Crippen molar-refractivity contribution in [2.45, 2.75) is 42.8 Å². The molecule has 238 valence electrons. The van der Waals surface area contributed by atoms with E-state index in [0.29, 0.717) is 70.6 Å². The number of carbonyl (C=O) groups is 2. The molecule has 0 spiro atoms. The fraction of sp³-hybridized carbons (Fsp3) is 0.294. The minimum Gasteiger partial charge on any atom is -0.507 e. The molecule has 1 fully saturated rings. The Morgan fingerprint density at radius 3 is 2.57 bits per heavy atom. The number of carbonyl (C=O) groups excluding carboxylic acids is 2. The van der Waals surface area contributed by atoms with Gasteiger partial charge in [-0.2, -0.15) is 0 Å². The molecule has 0 radical (unpaired) electrons. The van der Waals surface area contributed by atoms with Crippen LogP contribution in [0.1, 0.15) is 49.4 Å². The van der Waals surface area contributed by atoms with E-state index < -0.39 is 17.7 Å². The maximum absolute atomic E-state index is 13.8. The summed E-state index contributed by atoms with van der Waals surface area (Å²) in [6, 6.07) is 19.1. The number of rotatable bonds is 12. The van der Waals surface area contributed by atoms with Gasteiger partial charge in [0.15, 0.2) is 27.3 Å². The van der Waals surface area contributed by atoms with E-state index in [1.807, 2.05) is 37.3 Å². The molecule has 46 heavy (non-hydrogen) atoms. The third-order valence-corrected chi connectivity index (χ3v) is 9.53. The van der Waals surface area contributed by atoms with Crippen LogP contribution in [-0.4, -0.2) is 53.4 Å². The predicted molar refractivity (Wildman–Crippen MR) is 176 cm³/mol. The summed E-state index contributed by atoms with van der Waals surface area (Å²) in [6.07, 6.45) is 1.86. The van der Waals surface area contributed by atoms with Crippen molar-refractivity contribution in [1.29, 1.82) is 0 Å². The van der Waals surface area contributed by atoms with Crippen LogP contribution in [0.25, 0.3) is 5.76 Å². The average molecular weight is 660 g/mol. The quantitative estimate of drug-likeness (QED) is 0.0434. The molecule has 0 bridgehead atoms. The van der Waals surface area contributed by atoms with Crippen molar-refractivity contribution in [1.82, 2.24) is 10.2 Å². The van der Waals surface area contributed by atoms with Crippen LogP contribution in [0.2, 0.25) is 0 Å². The molecule has 1 aromatic heterocycles. The molecule has 0 aliphatic carbocycles. The summed E-state index contributed by atoms with van der Waals surface area (Å²) in [4.78, 5) is 28.9. The monoisotopic (exact) mass is 659 g/mol. The molecule has 2 aliphatic rings. The number of hydrogen-bond donors (Lipinski definition) is 1. The van der Waals surface area contributed by atoms with Gasteiger partial charge in [0.05, 0.1) is 24.8 Å². The standard InChI is InChI=1S/C34H33N3O7S2/c1-3-5-15-42-24-13-11-22(18-26(24)41-4-2)29-28(30(38)23-12-14-25-27(19-23)44-17-16-43-25)31(39)32(40)37(29)33-35-36-34(46-33)45-20-21-9-7-6-8-10-21/h6-14,18-19,29,38H,3-5,15-17,20H2,1-2H3/b30-28-. The third-order valence-electron chi connectivity index (χ3n) is 7.41. The number of amides is 1. The van der Waals surface area contributed by atoms with Crippen molar-refractivity contribution in [3.8, 4) is 23.0 Å². The van der Waals surface area contributed by atoms with Gasteiger partial charge in [-0.05, 0) is 54.8 Å². The molecule has 6 rings (SSSR count). The van der Waals surface area contributed by atoms with E-state index in [1.54, 1.807) is 36.4 Å². The number of unbranched alkanes of at least 4 members (excludes halogenated alkanes) is 1. The normalized spacial score (nSPS) is 16.9. The second kappa shape index (κ2) is 14.3. The van der Waals surface area contributed by atoms with Gasteiger partial charge in [-0.3, -0.25) is 14.5 Å². The van der Waals surface area contributed by atoms with Gasteiger partial charge in [-0.25, -0.2) is 0 Å². The summed E-state index contributed by atoms with van der Waals surface area (Å²) >= 11 is 2.70. The van der Waals surface area contributed by atoms with Gasteiger partial charge in [-0.15, -0.1) is 10.2 Å². The lowest BCUT2D eigenvalue weighted by atomic mass is 9.95. The lowest BCUT2D eigenvalue weighted by Gasteiger charge is -2.24. The number of hydrogen-bond acceptors (Lipinski definition) is 11. The van der Waals surface area contributed by atoms with Crippen LogP contribution in [-0.2, 0) is 15.3 Å². The van der Waals surface area contributed by atoms with Gasteiger partial charge in [0.2, 0.25) is 5.13 Å². The van der Waals surface area contributed by atoms with Crippen molar-refractivity contribution < 1.29 is 33.6 Å². The van der Waals surface area contributed by atoms with Crippen LogP contribution in [0.4, 0.5) is 5.13 Å². The highest BCUT2D eigenvalue weighted by molar-refractivity contribution is 8.00. The predicted octanol–water partition coefficient (Wildman–Crippen LogP) is 6.81. The van der Waals surface area contributed by atoms with Crippen molar-refractivity contribution in [2.75, 3.05) is 31.3 Å². The molecule has 3 heterocycles. The number of anilines is 1. The number of nitrogens with zero attached hydrogens (tertiary/aromatic N) is 3. The van der Waals surface area contributed by atoms with E-state index in [2.05, 4.69) is 17.1 Å².